The fourth-order valence-electron chi connectivity index (χ4n) is 2.09. The second-order valence-corrected chi connectivity index (χ2v) is 5.23. The number of halogens is 1. The third kappa shape index (κ3) is 6.46. The number of ether oxygens (including phenoxy) is 1. The first-order chi connectivity index (χ1) is 11.3. The molecule has 23 heavy (non-hydrogen) atoms. The normalized spacial score (nSPS) is 11.4. The summed E-state index contributed by atoms with van der Waals surface area (Å²) in [7, 11) is 0. The van der Waals surface area contributed by atoms with Crippen LogP contribution in [0.3, 0.4) is 0 Å². The molecule has 0 saturated heterocycles. The van der Waals surface area contributed by atoms with Gasteiger partial charge in [0.05, 0.1) is 6.61 Å². The van der Waals surface area contributed by atoms with E-state index in [0.29, 0.717) is 18.2 Å². The fraction of sp³-hybridized carbons (Fsp3) is 0.333. The van der Waals surface area contributed by atoms with E-state index in [4.69, 9.17) is 10.5 Å². The van der Waals surface area contributed by atoms with Crippen LogP contribution in [0.15, 0.2) is 53.8 Å². The van der Waals surface area contributed by atoms with Gasteiger partial charge in [-0.2, -0.15) is 0 Å². The smallest absolute Gasteiger partial charge is 0.127 e. The molecular formula is C18H22FN3O. The molecule has 0 aliphatic carbocycles. The van der Waals surface area contributed by atoms with Crippen LogP contribution in [0.25, 0.3) is 0 Å². The zero-order valence-corrected chi connectivity index (χ0v) is 13.1. The van der Waals surface area contributed by atoms with Crippen molar-refractivity contribution in [2.75, 3.05) is 13.2 Å². The second-order valence-electron chi connectivity index (χ2n) is 5.23. The van der Waals surface area contributed by atoms with Gasteiger partial charge < -0.3 is 10.5 Å². The summed E-state index contributed by atoms with van der Waals surface area (Å²) in [6.07, 6.45) is 7.55. The topological polar surface area (TPSA) is 60.5 Å². The molecule has 5 heteroatoms. The van der Waals surface area contributed by atoms with Crippen molar-refractivity contribution in [3.63, 3.8) is 0 Å². The number of unbranched alkanes of at least 4 members (excludes halogenated alkanes) is 3. The van der Waals surface area contributed by atoms with Crippen LogP contribution in [-0.4, -0.2) is 24.0 Å². The number of aromatic nitrogens is 1. The third-order valence-electron chi connectivity index (χ3n) is 3.37. The van der Waals surface area contributed by atoms with Crippen molar-refractivity contribution in [1.82, 2.24) is 4.98 Å². The number of rotatable bonds is 9. The second kappa shape index (κ2) is 9.56. The molecule has 2 N–H and O–H groups in total. The van der Waals surface area contributed by atoms with Gasteiger partial charge in [-0.15, -0.1) is 0 Å². The summed E-state index contributed by atoms with van der Waals surface area (Å²) < 4.78 is 18.3. The maximum absolute atomic E-state index is 12.7. The van der Waals surface area contributed by atoms with Crippen molar-refractivity contribution in [3.05, 3.63) is 60.2 Å². The van der Waals surface area contributed by atoms with E-state index in [1.165, 1.54) is 12.1 Å². The first-order valence-corrected chi connectivity index (χ1v) is 7.84. The van der Waals surface area contributed by atoms with Crippen LogP contribution in [-0.2, 0) is 0 Å². The Kier molecular flexibility index (Phi) is 7.04. The van der Waals surface area contributed by atoms with Crippen LogP contribution in [0.1, 0.15) is 31.2 Å². The van der Waals surface area contributed by atoms with Gasteiger partial charge in [0.2, 0.25) is 0 Å². The van der Waals surface area contributed by atoms with E-state index in [-0.39, 0.29) is 5.82 Å². The molecule has 0 radical (unpaired) electrons. The average Bonchev–Trinajstić information content (AvgIpc) is 2.59. The summed E-state index contributed by atoms with van der Waals surface area (Å²) in [6, 6.07) is 9.84. The first-order valence-electron chi connectivity index (χ1n) is 7.84. The molecule has 0 amide bonds. The number of nitrogens with zero attached hydrogens (tertiary/aromatic N) is 2. The van der Waals surface area contributed by atoms with Gasteiger partial charge in [-0.1, -0.05) is 6.42 Å². The Morgan fingerprint density at radius 3 is 2.61 bits per heavy atom. The van der Waals surface area contributed by atoms with Crippen molar-refractivity contribution in [1.29, 1.82) is 0 Å². The number of hydrogen-bond acceptors (Lipinski definition) is 3. The summed E-state index contributed by atoms with van der Waals surface area (Å²) >= 11 is 0. The van der Waals surface area contributed by atoms with E-state index >= 15 is 0 Å². The van der Waals surface area contributed by atoms with Crippen molar-refractivity contribution in [3.8, 4) is 5.75 Å². The van der Waals surface area contributed by atoms with Gasteiger partial charge in [-0.05, 0) is 55.7 Å². The van der Waals surface area contributed by atoms with Gasteiger partial charge in [0, 0.05) is 24.5 Å². The zero-order valence-electron chi connectivity index (χ0n) is 13.1. The van der Waals surface area contributed by atoms with E-state index in [9.17, 15) is 4.39 Å². The minimum Gasteiger partial charge on any atom is -0.494 e. The van der Waals surface area contributed by atoms with Crippen LogP contribution in [0, 0.1) is 5.82 Å². The molecule has 0 spiro atoms. The van der Waals surface area contributed by atoms with E-state index in [0.717, 1.165) is 37.8 Å². The summed E-state index contributed by atoms with van der Waals surface area (Å²) in [4.78, 5) is 8.37. The van der Waals surface area contributed by atoms with Crippen molar-refractivity contribution in [2.24, 2.45) is 10.7 Å². The SMILES string of the molecule is NC(=NCCCCCCOc1ccc(F)cc1)c1cccnc1. The Hall–Kier alpha value is -2.43. The molecule has 2 rings (SSSR count). The van der Waals surface area contributed by atoms with Gasteiger partial charge in [0.15, 0.2) is 0 Å². The highest BCUT2D eigenvalue weighted by molar-refractivity contribution is 5.97. The first kappa shape index (κ1) is 16.9. The van der Waals surface area contributed by atoms with Crippen LogP contribution >= 0.6 is 0 Å². The summed E-state index contributed by atoms with van der Waals surface area (Å²) in [5, 5.41) is 0. The fourth-order valence-corrected chi connectivity index (χ4v) is 2.09. The lowest BCUT2D eigenvalue weighted by Gasteiger charge is -2.05. The monoisotopic (exact) mass is 315 g/mol. The molecule has 1 aromatic heterocycles. The number of benzene rings is 1. The Bertz CT molecular complexity index is 599. The standard InChI is InChI=1S/C18H22FN3O/c19-16-7-9-17(10-8-16)23-13-4-2-1-3-12-22-18(20)15-6-5-11-21-14-15/h5-11,14H,1-4,12-13H2,(H2,20,22). The largest absolute Gasteiger partial charge is 0.494 e. The summed E-state index contributed by atoms with van der Waals surface area (Å²) in [5.74, 6) is 1.00. The van der Waals surface area contributed by atoms with Gasteiger partial charge >= 0.3 is 0 Å². The average molecular weight is 315 g/mol. The maximum atomic E-state index is 12.7. The van der Waals surface area contributed by atoms with Crippen molar-refractivity contribution < 1.29 is 9.13 Å². The number of aliphatic imine (C=N–C) groups is 1. The van der Waals surface area contributed by atoms with E-state index in [1.54, 1.807) is 24.5 Å². The number of pyridine rings is 1. The number of hydrogen-bond donors (Lipinski definition) is 1. The van der Waals surface area contributed by atoms with Gasteiger partial charge in [-0.3, -0.25) is 9.98 Å². The van der Waals surface area contributed by atoms with Crippen LogP contribution in [0.4, 0.5) is 4.39 Å². The summed E-state index contributed by atoms with van der Waals surface area (Å²) in [5.41, 5.74) is 6.76. The molecule has 0 bridgehead atoms. The highest BCUT2D eigenvalue weighted by Gasteiger charge is 1.97. The highest BCUT2D eigenvalue weighted by atomic mass is 19.1. The summed E-state index contributed by atoms with van der Waals surface area (Å²) in [6.45, 7) is 1.37. The quantitative estimate of drug-likeness (QED) is 0.437. The van der Waals surface area contributed by atoms with Gasteiger partial charge in [0.1, 0.15) is 17.4 Å². The van der Waals surface area contributed by atoms with Gasteiger partial charge in [-0.25, -0.2) is 4.39 Å². The minimum atomic E-state index is -0.247. The lowest BCUT2D eigenvalue weighted by Crippen LogP contribution is -2.14. The third-order valence-corrected chi connectivity index (χ3v) is 3.37. The number of nitrogens with two attached hydrogens (primary N) is 1. The Balaban J connectivity index is 1.53. The van der Waals surface area contributed by atoms with Crippen molar-refractivity contribution >= 4 is 5.84 Å². The molecule has 0 fully saturated rings. The number of amidine groups is 1. The lowest BCUT2D eigenvalue weighted by atomic mass is 10.2. The lowest BCUT2D eigenvalue weighted by molar-refractivity contribution is 0.304. The highest BCUT2D eigenvalue weighted by Crippen LogP contribution is 2.12. The van der Waals surface area contributed by atoms with E-state index < -0.39 is 0 Å². The molecule has 0 atom stereocenters. The molecule has 1 aromatic carbocycles. The molecule has 4 nitrogen and oxygen atoms in total. The van der Waals surface area contributed by atoms with Crippen LogP contribution < -0.4 is 10.5 Å². The molecule has 1 heterocycles. The van der Waals surface area contributed by atoms with E-state index in [1.807, 2.05) is 12.1 Å². The minimum absolute atomic E-state index is 0.247. The molecule has 0 unspecified atom stereocenters. The van der Waals surface area contributed by atoms with Gasteiger partial charge in [0.25, 0.3) is 0 Å². The maximum Gasteiger partial charge on any atom is 0.127 e. The predicted octanol–water partition coefficient (Wildman–Crippen LogP) is 3.57. The van der Waals surface area contributed by atoms with Crippen LogP contribution in [0.2, 0.25) is 0 Å². The predicted molar refractivity (Wildman–Crippen MR) is 90.2 cm³/mol. The van der Waals surface area contributed by atoms with Crippen molar-refractivity contribution in [2.45, 2.75) is 25.7 Å². The Morgan fingerprint density at radius 1 is 1.09 bits per heavy atom. The zero-order chi connectivity index (χ0) is 16.3. The van der Waals surface area contributed by atoms with E-state index in [2.05, 4.69) is 9.98 Å². The molecule has 0 aliphatic rings. The molecular weight excluding hydrogens is 293 g/mol. The Morgan fingerprint density at radius 2 is 1.87 bits per heavy atom. The molecule has 0 aliphatic heterocycles. The molecule has 122 valence electrons. The van der Waals surface area contributed by atoms with Crippen LogP contribution in [0.5, 0.6) is 5.75 Å². The molecule has 2 aromatic rings. The molecule has 0 saturated carbocycles. The Labute approximate surface area is 136 Å².